The molecular formula is C34H34N4O3. The van der Waals surface area contributed by atoms with E-state index < -0.39 is 5.91 Å². The summed E-state index contributed by atoms with van der Waals surface area (Å²) >= 11 is 0. The molecule has 0 saturated heterocycles. The Bertz CT molecular complexity index is 1600. The summed E-state index contributed by atoms with van der Waals surface area (Å²) < 4.78 is 1.91. The summed E-state index contributed by atoms with van der Waals surface area (Å²) in [6.45, 7) is 2.60. The number of aromatic nitrogens is 1. The number of carbonyl (C=O) groups excluding carboxylic acids is 3. The van der Waals surface area contributed by atoms with Gasteiger partial charge in [-0.15, -0.1) is 0 Å². The van der Waals surface area contributed by atoms with Gasteiger partial charge in [0.05, 0.1) is 13.1 Å². The summed E-state index contributed by atoms with van der Waals surface area (Å²) in [5.41, 5.74) is 11.4. The zero-order valence-corrected chi connectivity index (χ0v) is 23.2. The summed E-state index contributed by atoms with van der Waals surface area (Å²) in [7, 11) is 0. The topological polar surface area (TPSA) is 83.4 Å². The van der Waals surface area contributed by atoms with Gasteiger partial charge in [-0.05, 0) is 78.8 Å². The minimum absolute atomic E-state index is 0.0706. The van der Waals surface area contributed by atoms with Crippen molar-refractivity contribution in [3.63, 3.8) is 0 Å². The van der Waals surface area contributed by atoms with Gasteiger partial charge >= 0.3 is 0 Å². The van der Waals surface area contributed by atoms with Crippen LogP contribution in [-0.4, -0.2) is 22.3 Å². The quantitative estimate of drug-likeness (QED) is 0.302. The van der Waals surface area contributed by atoms with Crippen molar-refractivity contribution in [3.8, 4) is 0 Å². The van der Waals surface area contributed by atoms with E-state index in [0.717, 1.165) is 22.5 Å². The minimum Gasteiger partial charge on any atom is -0.334 e. The number of hydrazine groups is 1. The van der Waals surface area contributed by atoms with Gasteiger partial charge in [0, 0.05) is 22.5 Å². The van der Waals surface area contributed by atoms with Gasteiger partial charge in [-0.2, -0.15) is 0 Å². The summed E-state index contributed by atoms with van der Waals surface area (Å²) in [5.74, 6) is -0.288. The molecule has 2 aliphatic rings. The van der Waals surface area contributed by atoms with Crippen molar-refractivity contribution in [1.82, 2.24) is 15.4 Å². The first-order chi connectivity index (χ1) is 20.0. The Morgan fingerprint density at radius 1 is 0.732 bits per heavy atom. The van der Waals surface area contributed by atoms with Gasteiger partial charge in [-0.1, -0.05) is 67.8 Å². The normalized spacial score (nSPS) is 14.9. The lowest BCUT2D eigenvalue weighted by molar-refractivity contribution is 0.0841. The molecule has 208 valence electrons. The highest BCUT2D eigenvalue weighted by Gasteiger charge is 2.28. The van der Waals surface area contributed by atoms with Gasteiger partial charge in [-0.25, -0.2) is 0 Å². The second-order valence-electron chi connectivity index (χ2n) is 11.0. The third-order valence-electron chi connectivity index (χ3n) is 8.39. The Labute approximate surface area is 240 Å². The fraction of sp³-hybridized carbons (Fsp3) is 0.265. The van der Waals surface area contributed by atoms with Crippen molar-refractivity contribution in [2.45, 2.75) is 58.0 Å². The molecule has 2 N–H and O–H groups in total. The van der Waals surface area contributed by atoms with E-state index in [-0.39, 0.29) is 11.8 Å². The average molecular weight is 547 g/mol. The molecule has 1 fully saturated rings. The molecule has 1 saturated carbocycles. The number of amides is 3. The van der Waals surface area contributed by atoms with Crippen LogP contribution in [0.3, 0.4) is 0 Å². The number of rotatable bonds is 4. The first kappa shape index (κ1) is 26.6. The molecule has 4 aromatic rings. The summed E-state index contributed by atoms with van der Waals surface area (Å²) in [6.07, 6.45) is 6.29. The zero-order chi connectivity index (χ0) is 28.3. The van der Waals surface area contributed by atoms with E-state index in [1.54, 1.807) is 23.1 Å². The van der Waals surface area contributed by atoms with Crippen molar-refractivity contribution >= 4 is 23.4 Å². The second kappa shape index (κ2) is 11.5. The molecule has 7 heteroatoms. The number of aryl methyl sites for hydroxylation is 1. The van der Waals surface area contributed by atoms with Crippen LogP contribution in [0.1, 0.15) is 91.6 Å². The number of benzene rings is 3. The third-order valence-corrected chi connectivity index (χ3v) is 8.39. The monoisotopic (exact) mass is 546 g/mol. The summed E-state index contributed by atoms with van der Waals surface area (Å²) in [5, 5.41) is 0. The Balaban J connectivity index is 1.23. The van der Waals surface area contributed by atoms with Crippen LogP contribution in [0.25, 0.3) is 0 Å². The van der Waals surface area contributed by atoms with Gasteiger partial charge in [-0.3, -0.25) is 25.2 Å². The number of carbonyl (C=O) groups is 3. The first-order valence-electron chi connectivity index (χ1n) is 14.3. The van der Waals surface area contributed by atoms with Crippen molar-refractivity contribution in [2.24, 2.45) is 0 Å². The highest BCUT2D eigenvalue weighted by Crippen LogP contribution is 2.34. The van der Waals surface area contributed by atoms with Gasteiger partial charge < -0.3 is 9.47 Å². The number of fused-ring (bicyclic) bond motifs is 2. The lowest BCUT2D eigenvalue weighted by Crippen LogP contribution is -2.42. The highest BCUT2D eigenvalue weighted by atomic mass is 16.2. The minimum atomic E-state index is -0.422. The van der Waals surface area contributed by atoms with E-state index in [9.17, 15) is 14.4 Å². The summed E-state index contributed by atoms with van der Waals surface area (Å²) in [4.78, 5) is 41.5. The zero-order valence-electron chi connectivity index (χ0n) is 23.2. The Hall–Kier alpha value is -4.65. The maximum absolute atomic E-state index is 13.9. The Kier molecular flexibility index (Phi) is 7.42. The molecule has 6 rings (SSSR count). The van der Waals surface area contributed by atoms with Crippen LogP contribution in [0.4, 0.5) is 5.69 Å². The number of para-hydroxylation sites is 1. The van der Waals surface area contributed by atoms with Gasteiger partial charge in [0.2, 0.25) is 0 Å². The van der Waals surface area contributed by atoms with Crippen molar-refractivity contribution in [3.05, 3.63) is 124 Å². The number of hydrogen-bond acceptors (Lipinski definition) is 3. The molecule has 3 amide bonds. The third kappa shape index (κ3) is 5.40. The fourth-order valence-electron chi connectivity index (χ4n) is 6.10. The predicted molar refractivity (Wildman–Crippen MR) is 159 cm³/mol. The number of nitrogens with zero attached hydrogens (tertiary/aromatic N) is 2. The number of hydrogen-bond donors (Lipinski definition) is 2. The van der Waals surface area contributed by atoms with Gasteiger partial charge in [0.1, 0.15) is 5.69 Å². The van der Waals surface area contributed by atoms with Crippen LogP contribution >= 0.6 is 0 Å². The van der Waals surface area contributed by atoms with Gasteiger partial charge in [0.25, 0.3) is 17.7 Å². The van der Waals surface area contributed by atoms with E-state index >= 15 is 0 Å². The van der Waals surface area contributed by atoms with Crippen LogP contribution in [0.15, 0.2) is 84.9 Å². The lowest BCUT2D eigenvalue weighted by atomic mass is 9.84. The van der Waals surface area contributed by atoms with Crippen LogP contribution < -0.4 is 15.8 Å². The Morgan fingerprint density at radius 2 is 1.44 bits per heavy atom. The fourth-order valence-corrected chi connectivity index (χ4v) is 6.10. The maximum Gasteiger partial charge on any atom is 0.286 e. The molecule has 0 bridgehead atoms. The van der Waals surface area contributed by atoms with E-state index in [2.05, 4.69) is 23.0 Å². The van der Waals surface area contributed by atoms with E-state index in [1.807, 2.05) is 66.1 Å². The molecule has 2 heterocycles. The molecule has 0 atom stereocenters. The largest absolute Gasteiger partial charge is 0.334 e. The Morgan fingerprint density at radius 3 is 2.22 bits per heavy atom. The predicted octanol–water partition coefficient (Wildman–Crippen LogP) is 6.13. The molecular weight excluding hydrogens is 512 g/mol. The molecule has 0 unspecified atom stereocenters. The van der Waals surface area contributed by atoms with Crippen LogP contribution in [0, 0.1) is 6.92 Å². The maximum atomic E-state index is 13.9. The van der Waals surface area contributed by atoms with Crippen LogP contribution in [0.5, 0.6) is 0 Å². The van der Waals surface area contributed by atoms with Gasteiger partial charge in [0.15, 0.2) is 0 Å². The van der Waals surface area contributed by atoms with Crippen molar-refractivity contribution in [2.75, 3.05) is 4.90 Å². The first-order valence-corrected chi connectivity index (χ1v) is 14.3. The number of anilines is 1. The van der Waals surface area contributed by atoms with Crippen LogP contribution in [0.2, 0.25) is 0 Å². The highest BCUT2D eigenvalue weighted by molar-refractivity contribution is 6.06. The second-order valence-corrected chi connectivity index (χ2v) is 11.0. The van der Waals surface area contributed by atoms with Crippen molar-refractivity contribution in [1.29, 1.82) is 0 Å². The molecule has 0 radical (unpaired) electrons. The molecule has 1 aromatic heterocycles. The van der Waals surface area contributed by atoms with E-state index in [4.69, 9.17) is 0 Å². The number of nitrogens with one attached hydrogen (secondary N) is 2. The SMILES string of the molecule is Cc1ccccc1C(=O)NNC(=O)c1ccc2n1Cc1ccccc1N(C(=O)c1ccc(C3CCCCC3)cc1)C2. The smallest absolute Gasteiger partial charge is 0.286 e. The standard InChI is InChI=1S/C34H34N4O3/c1-23-9-5-7-13-29(23)32(39)35-36-33(40)31-20-19-28-22-38(30-14-8-6-12-27(30)21-37(28)31)34(41)26-17-15-25(16-18-26)24-10-3-2-4-11-24/h5-9,12-20,24H,2-4,10-11,21-22H2,1H3,(H,35,39)(H,36,40). The van der Waals surface area contributed by atoms with E-state index in [1.165, 1.54) is 37.7 Å². The molecule has 3 aromatic carbocycles. The van der Waals surface area contributed by atoms with E-state index in [0.29, 0.717) is 35.8 Å². The molecule has 41 heavy (non-hydrogen) atoms. The van der Waals surface area contributed by atoms with Crippen molar-refractivity contribution < 1.29 is 14.4 Å². The molecule has 1 aliphatic heterocycles. The lowest BCUT2D eigenvalue weighted by Gasteiger charge is -2.24. The van der Waals surface area contributed by atoms with Crippen LogP contribution in [-0.2, 0) is 13.1 Å². The molecule has 1 aliphatic carbocycles. The summed E-state index contributed by atoms with van der Waals surface area (Å²) in [6, 6.07) is 26.8. The molecule has 0 spiro atoms. The average Bonchev–Trinajstić information content (AvgIpc) is 3.33. The molecule has 7 nitrogen and oxygen atoms in total.